The number of anilines is 3. The third-order valence-electron chi connectivity index (χ3n) is 5.20. The van der Waals surface area contributed by atoms with Gasteiger partial charge in [-0.25, -0.2) is 18.4 Å². The van der Waals surface area contributed by atoms with Crippen LogP contribution in [-0.4, -0.2) is 51.4 Å². The first-order chi connectivity index (χ1) is 15.4. The lowest BCUT2D eigenvalue weighted by atomic mass is 10.2. The van der Waals surface area contributed by atoms with Gasteiger partial charge in [-0.2, -0.15) is 10.1 Å². The maximum absolute atomic E-state index is 12.0. The normalized spacial score (nSPS) is 11.8. The Morgan fingerprint density at radius 2 is 2.00 bits per heavy atom. The monoisotopic (exact) mass is 448 g/mol. The molecule has 1 aromatic carbocycles. The molecule has 0 aliphatic carbocycles. The summed E-state index contributed by atoms with van der Waals surface area (Å²) in [6, 6.07) is 11.4. The Kier molecular flexibility index (Phi) is 4.74. The molecular weight excluding hydrogens is 428 g/mol. The number of nitrogens with one attached hydrogen (secondary N) is 2. The Bertz CT molecular complexity index is 1540. The highest BCUT2D eigenvalue weighted by molar-refractivity contribution is 7.92. The SMILES string of the molecule is CN(c1ncccc1Cn1ccc2cnc(Nc3ccc4cn[nH]c4c3)nc21)S(C)(=O)=O. The van der Waals surface area contributed by atoms with Gasteiger partial charge in [-0.1, -0.05) is 6.07 Å². The number of benzene rings is 1. The van der Waals surface area contributed by atoms with Crippen molar-refractivity contribution >= 4 is 49.4 Å². The van der Waals surface area contributed by atoms with E-state index in [9.17, 15) is 8.42 Å². The first kappa shape index (κ1) is 19.9. The molecule has 0 bridgehead atoms. The molecule has 0 amide bonds. The number of aromatic nitrogens is 6. The molecule has 10 nitrogen and oxygen atoms in total. The maximum atomic E-state index is 12.0. The lowest BCUT2D eigenvalue weighted by Crippen LogP contribution is -2.27. The van der Waals surface area contributed by atoms with Gasteiger partial charge in [0.2, 0.25) is 16.0 Å². The van der Waals surface area contributed by atoms with Crippen LogP contribution in [0.4, 0.5) is 17.5 Å². The molecule has 162 valence electrons. The van der Waals surface area contributed by atoms with Gasteiger partial charge in [0, 0.05) is 47.7 Å². The second kappa shape index (κ2) is 7.61. The fourth-order valence-electron chi connectivity index (χ4n) is 3.48. The van der Waals surface area contributed by atoms with E-state index in [1.54, 1.807) is 24.7 Å². The van der Waals surface area contributed by atoms with Gasteiger partial charge < -0.3 is 9.88 Å². The number of rotatable bonds is 6. The zero-order chi connectivity index (χ0) is 22.3. The number of H-pyrrole nitrogens is 1. The molecule has 0 aliphatic rings. The third-order valence-corrected chi connectivity index (χ3v) is 6.37. The predicted molar refractivity (Wildman–Crippen MR) is 123 cm³/mol. The standard InChI is InChI=1S/C21H20N8O2S/c1-28(32(2,30)31)19-16(4-3-8-22-19)13-29-9-7-15-11-23-21(26-20(15)29)25-17-6-5-14-12-24-27-18(14)10-17/h3-12H,13H2,1-2H3,(H,24,27)(H,23,25,26). The Labute approximate surface area is 184 Å². The van der Waals surface area contributed by atoms with E-state index >= 15 is 0 Å². The van der Waals surface area contributed by atoms with Crippen molar-refractivity contribution in [3.8, 4) is 0 Å². The van der Waals surface area contributed by atoms with Crippen molar-refractivity contribution in [3.05, 3.63) is 66.7 Å². The first-order valence-corrected chi connectivity index (χ1v) is 11.6. The van der Waals surface area contributed by atoms with Gasteiger partial charge >= 0.3 is 0 Å². The van der Waals surface area contributed by atoms with Crippen LogP contribution < -0.4 is 9.62 Å². The quantitative estimate of drug-likeness (QED) is 0.410. The average molecular weight is 449 g/mol. The molecule has 5 rings (SSSR count). The Morgan fingerprint density at radius 3 is 2.84 bits per heavy atom. The molecule has 4 heterocycles. The van der Waals surface area contributed by atoms with E-state index in [1.165, 1.54) is 11.4 Å². The summed E-state index contributed by atoms with van der Waals surface area (Å²) in [5.74, 6) is 0.841. The molecule has 32 heavy (non-hydrogen) atoms. The van der Waals surface area contributed by atoms with Gasteiger partial charge in [0.15, 0.2) is 0 Å². The molecule has 0 radical (unpaired) electrons. The minimum Gasteiger partial charge on any atom is -0.328 e. The molecule has 4 aromatic heterocycles. The lowest BCUT2D eigenvalue weighted by molar-refractivity contribution is 0.599. The van der Waals surface area contributed by atoms with Crippen molar-refractivity contribution in [2.24, 2.45) is 0 Å². The minimum absolute atomic E-state index is 0.386. The summed E-state index contributed by atoms with van der Waals surface area (Å²) in [4.78, 5) is 13.4. The number of pyridine rings is 1. The number of fused-ring (bicyclic) bond motifs is 2. The van der Waals surface area contributed by atoms with Gasteiger partial charge in [-0.05, 0) is 30.3 Å². The number of hydrogen-bond acceptors (Lipinski definition) is 7. The van der Waals surface area contributed by atoms with Gasteiger partial charge in [0.05, 0.1) is 24.5 Å². The predicted octanol–water partition coefficient (Wildman–Crippen LogP) is 2.89. The van der Waals surface area contributed by atoms with E-state index in [2.05, 4.69) is 30.5 Å². The van der Waals surface area contributed by atoms with Crippen LogP contribution in [0.25, 0.3) is 21.9 Å². The molecule has 0 atom stereocenters. The van der Waals surface area contributed by atoms with Crippen molar-refractivity contribution in [2.45, 2.75) is 6.54 Å². The first-order valence-electron chi connectivity index (χ1n) is 9.78. The number of sulfonamides is 1. The summed E-state index contributed by atoms with van der Waals surface area (Å²) in [6.07, 6.45) is 8.15. The summed E-state index contributed by atoms with van der Waals surface area (Å²) in [6.45, 7) is 0.406. The zero-order valence-corrected chi connectivity index (χ0v) is 18.2. The second-order valence-corrected chi connectivity index (χ2v) is 9.44. The van der Waals surface area contributed by atoms with Crippen LogP contribution in [0, 0.1) is 0 Å². The Hall–Kier alpha value is -3.99. The molecule has 0 fully saturated rings. The van der Waals surface area contributed by atoms with E-state index in [-0.39, 0.29) is 0 Å². The zero-order valence-electron chi connectivity index (χ0n) is 17.4. The van der Waals surface area contributed by atoms with Gasteiger partial charge in [0.25, 0.3) is 0 Å². The number of nitrogens with zero attached hydrogens (tertiary/aromatic N) is 6. The number of aromatic amines is 1. The third kappa shape index (κ3) is 3.73. The molecule has 0 spiro atoms. The summed E-state index contributed by atoms with van der Waals surface area (Å²) < 4.78 is 27.2. The fraction of sp³-hybridized carbons (Fsp3) is 0.143. The van der Waals surface area contributed by atoms with Crippen molar-refractivity contribution in [2.75, 3.05) is 22.9 Å². The van der Waals surface area contributed by atoms with Crippen LogP contribution in [-0.2, 0) is 16.6 Å². The van der Waals surface area contributed by atoms with E-state index in [4.69, 9.17) is 0 Å². The van der Waals surface area contributed by atoms with Crippen LogP contribution in [0.2, 0.25) is 0 Å². The molecule has 0 saturated heterocycles. The second-order valence-electron chi connectivity index (χ2n) is 7.43. The summed E-state index contributed by atoms with van der Waals surface area (Å²) in [5, 5.41) is 12.1. The highest BCUT2D eigenvalue weighted by Gasteiger charge is 2.18. The van der Waals surface area contributed by atoms with Gasteiger partial charge in [-0.15, -0.1) is 0 Å². The van der Waals surface area contributed by atoms with E-state index in [0.29, 0.717) is 18.3 Å². The van der Waals surface area contributed by atoms with Crippen LogP contribution in [0.5, 0.6) is 0 Å². The topological polar surface area (TPSA) is 122 Å². The van der Waals surface area contributed by atoms with Gasteiger partial charge in [-0.3, -0.25) is 9.40 Å². The van der Waals surface area contributed by atoms with Crippen LogP contribution in [0.3, 0.4) is 0 Å². The van der Waals surface area contributed by atoms with Gasteiger partial charge in [0.1, 0.15) is 11.5 Å². The van der Waals surface area contributed by atoms with E-state index in [0.717, 1.165) is 39.4 Å². The summed E-state index contributed by atoms with van der Waals surface area (Å²) in [7, 11) is -1.94. The smallest absolute Gasteiger partial charge is 0.233 e. The van der Waals surface area contributed by atoms with Crippen LogP contribution >= 0.6 is 0 Å². The largest absolute Gasteiger partial charge is 0.328 e. The molecule has 11 heteroatoms. The average Bonchev–Trinajstić information content (AvgIpc) is 3.40. The molecular formula is C21H20N8O2S. The van der Waals surface area contributed by atoms with E-state index < -0.39 is 10.0 Å². The Balaban J connectivity index is 1.47. The summed E-state index contributed by atoms with van der Waals surface area (Å²) >= 11 is 0. The van der Waals surface area contributed by atoms with Crippen LogP contribution in [0.15, 0.2) is 61.2 Å². The highest BCUT2D eigenvalue weighted by Crippen LogP contribution is 2.24. The minimum atomic E-state index is -3.43. The molecule has 0 unspecified atom stereocenters. The fourth-order valence-corrected chi connectivity index (χ4v) is 3.96. The van der Waals surface area contributed by atoms with E-state index in [1.807, 2.05) is 41.1 Å². The Morgan fingerprint density at radius 1 is 1.12 bits per heavy atom. The van der Waals surface area contributed by atoms with Crippen molar-refractivity contribution < 1.29 is 8.42 Å². The summed E-state index contributed by atoms with van der Waals surface area (Å²) in [5.41, 5.74) is 3.24. The van der Waals surface area contributed by atoms with Crippen molar-refractivity contribution in [3.63, 3.8) is 0 Å². The molecule has 5 aromatic rings. The lowest BCUT2D eigenvalue weighted by Gasteiger charge is -2.19. The van der Waals surface area contributed by atoms with Crippen molar-refractivity contribution in [1.29, 1.82) is 0 Å². The highest BCUT2D eigenvalue weighted by atomic mass is 32.2. The molecule has 2 N–H and O–H groups in total. The van der Waals surface area contributed by atoms with Crippen molar-refractivity contribution in [1.82, 2.24) is 29.7 Å². The molecule has 0 aliphatic heterocycles. The number of hydrogen-bond donors (Lipinski definition) is 2. The van der Waals surface area contributed by atoms with Crippen LogP contribution in [0.1, 0.15) is 5.56 Å². The molecule has 0 saturated carbocycles. The maximum Gasteiger partial charge on any atom is 0.233 e.